The topological polar surface area (TPSA) is 80.9 Å². The number of aromatic nitrogens is 3. The van der Waals surface area contributed by atoms with E-state index < -0.39 is 0 Å². The van der Waals surface area contributed by atoms with Gasteiger partial charge >= 0.3 is 0 Å². The molecule has 1 amide bonds. The number of rotatable bonds is 7. The Labute approximate surface area is 150 Å². The van der Waals surface area contributed by atoms with Gasteiger partial charge in [0.05, 0.1) is 11.3 Å². The van der Waals surface area contributed by atoms with Crippen LogP contribution in [0.3, 0.4) is 0 Å². The van der Waals surface area contributed by atoms with Crippen molar-refractivity contribution in [2.24, 2.45) is 0 Å². The Morgan fingerprint density at radius 3 is 2.88 bits per heavy atom. The fourth-order valence-electron chi connectivity index (χ4n) is 2.28. The molecule has 25 heavy (non-hydrogen) atoms. The first-order valence-electron chi connectivity index (χ1n) is 7.90. The number of thioether (sulfide) groups is 1. The zero-order valence-corrected chi connectivity index (χ0v) is 14.6. The highest BCUT2D eigenvalue weighted by Crippen LogP contribution is 2.22. The molecule has 0 radical (unpaired) electrons. The summed E-state index contributed by atoms with van der Waals surface area (Å²) in [5.74, 6) is 0.581. The summed E-state index contributed by atoms with van der Waals surface area (Å²) in [6.45, 7) is 2.68. The summed E-state index contributed by atoms with van der Waals surface area (Å²) in [6, 6.07) is 11.8. The fourth-order valence-corrected chi connectivity index (χ4v) is 2.87. The molecule has 0 aliphatic heterocycles. The van der Waals surface area contributed by atoms with Gasteiger partial charge in [-0.1, -0.05) is 36.0 Å². The van der Waals surface area contributed by atoms with Crippen LogP contribution < -0.4 is 5.32 Å². The summed E-state index contributed by atoms with van der Waals surface area (Å²) in [5.41, 5.74) is 3.23. The molecule has 0 unspecified atom stereocenters. The van der Waals surface area contributed by atoms with Crippen molar-refractivity contribution < 1.29 is 9.21 Å². The number of carbonyl (C=O) groups is 1. The summed E-state index contributed by atoms with van der Waals surface area (Å²) in [7, 11) is 0. The predicted molar refractivity (Wildman–Crippen MR) is 96.1 cm³/mol. The lowest BCUT2D eigenvalue weighted by molar-refractivity contribution is -0.118. The highest BCUT2D eigenvalue weighted by molar-refractivity contribution is 7.99. The number of pyridine rings is 1. The molecular formula is C18H18N4O2S. The minimum atomic E-state index is -0.0558. The molecule has 0 bridgehead atoms. The SMILES string of the molecule is Cc1ccccc1CCNC(=O)CSc1nnc(-c2cccnc2)o1. The summed E-state index contributed by atoms with van der Waals surface area (Å²) < 4.78 is 5.53. The molecule has 0 atom stereocenters. The first-order chi connectivity index (χ1) is 12.2. The molecule has 1 aromatic carbocycles. The van der Waals surface area contributed by atoms with E-state index in [1.807, 2.05) is 18.2 Å². The minimum Gasteiger partial charge on any atom is -0.411 e. The Balaban J connectivity index is 1.44. The second-order valence-corrected chi connectivity index (χ2v) is 6.36. The van der Waals surface area contributed by atoms with Gasteiger partial charge < -0.3 is 9.73 Å². The van der Waals surface area contributed by atoms with Crippen molar-refractivity contribution >= 4 is 17.7 Å². The van der Waals surface area contributed by atoms with Crippen LogP contribution in [-0.4, -0.2) is 33.4 Å². The van der Waals surface area contributed by atoms with Crippen LogP contribution in [0.15, 0.2) is 58.4 Å². The number of carbonyl (C=O) groups excluding carboxylic acids is 1. The largest absolute Gasteiger partial charge is 0.411 e. The number of benzene rings is 1. The Morgan fingerprint density at radius 1 is 1.20 bits per heavy atom. The van der Waals surface area contributed by atoms with Gasteiger partial charge in [-0.25, -0.2) is 0 Å². The number of hydrogen-bond acceptors (Lipinski definition) is 6. The van der Waals surface area contributed by atoms with Gasteiger partial charge in [-0.15, -0.1) is 10.2 Å². The van der Waals surface area contributed by atoms with Gasteiger partial charge in [0.25, 0.3) is 5.22 Å². The normalized spacial score (nSPS) is 10.6. The Kier molecular flexibility index (Phi) is 5.79. The van der Waals surface area contributed by atoms with E-state index in [9.17, 15) is 4.79 Å². The van der Waals surface area contributed by atoms with Crippen molar-refractivity contribution in [3.8, 4) is 11.5 Å². The van der Waals surface area contributed by atoms with Crippen LogP contribution >= 0.6 is 11.8 Å². The highest BCUT2D eigenvalue weighted by Gasteiger charge is 2.11. The second-order valence-electron chi connectivity index (χ2n) is 5.43. The maximum absolute atomic E-state index is 11.9. The molecule has 3 aromatic rings. The molecule has 3 rings (SSSR count). The molecule has 0 fully saturated rings. The quantitative estimate of drug-likeness (QED) is 0.657. The van der Waals surface area contributed by atoms with Crippen LogP contribution in [0.2, 0.25) is 0 Å². The summed E-state index contributed by atoms with van der Waals surface area (Å²) in [4.78, 5) is 15.9. The number of nitrogens with one attached hydrogen (secondary N) is 1. The summed E-state index contributed by atoms with van der Waals surface area (Å²) in [5, 5.41) is 11.2. The third-order valence-corrected chi connectivity index (χ3v) is 4.44. The molecule has 0 spiro atoms. The summed E-state index contributed by atoms with van der Waals surface area (Å²) >= 11 is 1.22. The van der Waals surface area contributed by atoms with Crippen LogP contribution in [0, 0.1) is 6.92 Å². The van der Waals surface area contributed by atoms with Gasteiger partial charge in [0, 0.05) is 18.9 Å². The van der Waals surface area contributed by atoms with Gasteiger partial charge in [0.1, 0.15) is 0 Å². The smallest absolute Gasteiger partial charge is 0.277 e. The molecule has 128 valence electrons. The zero-order chi connectivity index (χ0) is 17.5. The van der Waals surface area contributed by atoms with E-state index in [4.69, 9.17) is 4.42 Å². The van der Waals surface area contributed by atoms with E-state index in [0.717, 1.165) is 12.0 Å². The van der Waals surface area contributed by atoms with Crippen molar-refractivity contribution in [1.82, 2.24) is 20.5 Å². The first-order valence-corrected chi connectivity index (χ1v) is 8.89. The van der Waals surface area contributed by atoms with E-state index in [1.165, 1.54) is 22.9 Å². The maximum Gasteiger partial charge on any atom is 0.277 e. The molecule has 1 N–H and O–H groups in total. The van der Waals surface area contributed by atoms with Crippen molar-refractivity contribution in [1.29, 1.82) is 0 Å². The van der Waals surface area contributed by atoms with E-state index in [-0.39, 0.29) is 11.7 Å². The zero-order valence-electron chi connectivity index (χ0n) is 13.8. The number of nitrogens with zero attached hydrogens (tertiary/aromatic N) is 3. The van der Waals surface area contributed by atoms with E-state index in [1.54, 1.807) is 18.5 Å². The van der Waals surface area contributed by atoms with Crippen molar-refractivity contribution in [2.75, 3.05) is 12.3 Å². The molecule has 2 heterocycles. The van der Waals surface area contributed by atoms with Gasteiger partial charge in [-0.2, -0.15) is 0 Å². The van der Waals surface area contributed by atoms with Crippen molar-refractivity contribution in [3.05, 3.63) is 59.9 Å². The number of hydrogen-bond donors (Lipinski definition) is 1. The third kappa shape index (κ3) is 4.90. The lowest BCUT2D eigenvalue weighted by Gasteiger charge is -2.06. The molecule has 0 aliphatic rings. The Morgan fingerprint density at radius 2 is 2.08 bits per heavy atom. The maximum atomic E-state index is 11.9. The van der Waals surface area contributed by atoms with Crippen molar-refractivity contribution in [3.63, 3.8) is 0 Å². The van der Waals surface area contributed by atoms with E-state index in [2.05, 4.69) is 39.6 Å². The molecule has 0 aliphatic carbocycles. The average molecular weight is 354 g/mol. The second kappa shape index (κ2) is 8.43. The molecule has 7 heteroatoms. The molecule has 2 aromatic heterocycles. The van der Waals surface area contributed by atoms with Gasteiger partial charge in [0.2, 0.25) is 11.8 Å². The number of aryl methyl sites for hydroxylation is 1. The highest BCUT2D eigenvalue weighted by atomic mass is 32.2. The van der Waals surface area contributed by atoms with Crippen LogP contribution in [-0.2, 0) is 11.2 Å². The Bertz CT molecular complexity index is 836. The Hall–Kier alpha value is -2.67. The van der Waals surface area contributed by atoms with Gasteiger partial charge in [0.15, 0.2) is 0 Å². The molecule has 0 saturated heterocycles. The van der Waals surface area contributed by atoms with Crippen LogP contribution in [0.4, 0.5) is 0 Å². The first kappa shape index (κ1) is 17.2. The number of amides is 1. The third-order valence-electron chi connectivity index (χ3n) is 3.62. The standard InChI is InChI=1S/C18H18N4O2S/c1-13-5-2-3-6-14(13)8-10-20-16(23)12-25-18-22-21-17(24-18)15-7-4-9-19-11-15/h2-7,9,11H,8,10,12H2,1H3,(H,20,23). The van der Waals surface area contributed by atoms with Crippen LogP contribution in [0.25, 0.3) is 11.5 Å². The van der Waals surface area contributed by atoms with Crippen molar-refractivity contribution in [2.45, 2.75) is 18.6 Å². The van der Waals surface area contributed by atoms with Crippen LogP contribution in [0.1, 0.15) is 11.1 Å². The minimum absolute atomic E-state index is 0.0558. The lowest BCUT2D eigenvalue weighted by Crippen LogP contribution is -2.27. The van der Waals surface area contributed by atoms with Crippen LogP contribution in [0.5, 0.6) is 0 Å². The molecular weight excluding hydrogens is 336 g/mol. The average Bonchev–Trinajstić information content (AvgIpc) is 3.11. The van der Waals surface area contributed by atoms with E-state index in [0.29, 0.717) is 17.7 Å². The predicted octanol–water partition coefficient (Wildman–Crippen LogP) is 2.89. The molecule has 6 nitrogen and oxygen atoms in total. The lowest BCUT2D eigenvalue weighted by atomic mass is 10.1. The molecule has 0 saturated carbocycles. The van der Waals surface area contributed by atoms with Gasteiger partial charge in [-0.05, 0) is 36.6 Å². The fraction of sp³-hybridized carbons (Fsp3) is 0.222. The van der Waals surface area contributed by atoms with E-state index >= 15 is 0 Å². The monoisotopic (exact) mass is 354 g/mol. The summed E-state index contributed by atoms with van der Waals surface area (Å²) in [6.07, 6.45) is 4.14. The van der Waals surface area contributed by atoms with Gasteiger partial charge in [-0.3, -0.25) is 9.78 Å².